The van der Waals surface area contributed by atoms with Gasteiger partial charge in [-0.15, -0.1) is 10.2 Å². The van der Waals surface area contributed by atoms with Crippen molar-refractivity contribution >= 4 is 11.6 Å². The number of amides is 1. The minimum absolute atomic E-state index is 0.254. The zero-order chi connectivity index (χ0) is 16.7. The topological polar surface area (TPSA) is 50.5 Å². The number of hydrogen-bond acceptors (Lipinski definition) is 3. The van der Waals surface area contributed by atoms with Crippen molar-refractivity contribution in [1.82, 2.24) is 19.5 Å². The van der Waals surface area contributed by atoms with E-state index in [0.29, 0.717) is 24.4 Å². The smallest absolute Gasteiger partial charge is 0.257 e. The van der Waals surface area contributed by atoms with Gasteiger partial charge in [0.05, 0.1) is 11.6 Å². The Bertz CT molecular complexity index is 924. The third-order valence-corrected chi connectivity index (χ3v) is 4.31. The van der Waals surface area contributed by atoms with E-state index >= 15 is 0 Å². The molecule has 2 aromatic heterocycles. The van der Waals surface area contributed by atoms with Crippen LogP contribution >= 0.6 is 0 Å². The highest BCUT2D eigenvalue weighted by atomic mass is 19.1. The van der Waals surface area contributed by atoms with Gasteiger partial charge in [0.15, 0.2) is 11.5 Å². The average Bonchev–Trinajstić information content (AvgIpc) is 3.22. The maximum atomic E-state index is 13.9. The van der Waals surface area contributed by atoms with Gasteiger partial charge in [0.1, 0.15) is 11.6 Å². The summed E-state index contributed by atoms with van der Waals surface area (Å²) in [5.41, 5.74) is 0.430. The number of benzene rings is 1. The first-order chi connectivity index (χ1) is 11.6. The predicted molar refractivity (Wildman–Crippen MR) is 82.4 cm³/mol. The largest absolute Gasteiger partial charge is 0.328 e. The second-order valence-electron chi connectivity index (χ2n) is 5.77. The summed E-state index contributed by atoms with van der Waals surface area (Å²) in [4.78, 5) is 14.3. The minimum Gasteiger partial charge on any atom is -0.328 e. The van der Waals surface area contributed by atoms with Crippen molar-refractivity contribution in [2.24, 2.45) is 0 Å². The summed E-state index contributed by atoms with van der Waals surface area (Å²) in [6, 6.07) is 8.14. The van der Waals surface area contributed by atoms with Gasteiger partial charge in [-0.2, -0.15) is 0 Å². The number of halogens is 2. The van der Waals surface area contributed by atoms with E-state index in [1.54, 1.807) is 4.90 Å². The SMILES string of the molecule is O=C(c1cc(F)ccc1F)N1CCC[C@H]1c1nnc2ccccn12. The molecule has 0 unspecified atom stereocenters. The number of hydrogen-bond donors (Lipinski definition) is 0. The molecular weight excluding hydrogens is 314 g/mol. The molecule has 0 aliphatic carbocycles. The first kappa shape index (κ1) is 14.7. The Labute approximate surface area is 136 Å². The number of likely N-dealkylation sites (tertiary alicyclic amines) is 1. The quantitative estimate of drug-likeness (QED) is 0.727. The first-order valence-electron chi connectivity index (χ1n) is 7.71. The molecule has 3 aromatic rings. The summed E-state index contributed by atoms with van der Waals surface area (Å²) >= 11 is 0. The summed E-state index contributed by atoms with van der Waals surface area (Å²) in [6.07, 6.45) is 3.31. The highest BCUT2D eigenvalue weighted by Gasteiger charge is 2.34. The molecule has 1 aromatic carbocycles. The van der Waals surface area contributed by atoms with Crippen LogP contribution in [0.4, 0.5) is 8.78 Å². The zero-order valence-corrected chi connectivity index (χ0v) is 12.7. The van der Waals surface area contributed by atoms with E-state index < -0.39 is 17.5 Å². The molecule has 7 heteroatoms. The van der Waals surface area contributed by atoms with Gasteiger partial charge in [0.25, 0.3) is 5.91 Å². The van der Waals surface area contributed by atoms with E-state index in [4.69, 9.17) is 0 Å². The third-order valence-electron chi connectivity index (χ3n) is 4.31. The number of fused-ring (bicyclic) bond motifs is 1. The number of carbonyl (C=O) groups excluding carboxylic acids is 1. The Morgan fingerprint density at radius 1 is 1.17 bits per heavy atom. The lowest BCUT2D eigenvalue weighted by Crippen LogP contribution is -2.32. The van der Waals surface area contributed by atoms with Crippen molar-refractivity contribution in [3.05, 3.63) is 65.6 Å². The molecule has 1 amide bonds. The summed E-state index contributed by atoms with van der Waals surface area (Å²) in [5, 5.41) is 8.30. The molecule has 1 fully saturated rings. The molecule has 0 saturated carbocycles. The molecule has 1 aliphatic heterocycles. The molecule has 122 valence electrons. The molecule has 0 bridgehead atoms. The Balaban J connectivity index is 1.72. The van der Waals surface area contributed by atoms with Gasteiger partial charge in [-0.3, -0.25) is 9.20 Å². The van der Waals surface area contributed by atoms with E-state index in [1.807, 2.05) is 28.8 Å². The van der Waals surface area contributed by atoms with Crippen LogP contribution in [0.2, 0.25) is 0 Å². The van der Waals surface area contributed by atoms with Crippen LogP contribution in [0.25, 0.3) is 5.65 Å². The van der Waals surface area contributed by atoms with Crippen molar-refractivity contribution < 1.29 is 13.6 Å². The second kappa shape index (κ2) is 5.67. The van der Waals surface area contributed by atoms with E-state index in [-0.39, 0.29) is 11.6 Å². The van der Waals surface area contributed by atoms with Crippen molar-refractivity contribution in [2.75, 3.05) is 6.54 Å². The lowest BCUT2D eigenvalue weighted by molar-refractivity contribution is 0.0724. The fourth-order valence-corrected chi connectivity index (χ4v) is 3.18. The maximum Gasteiger partial charge on any atom is 0.257 e. The molecule has 1 saturated heterocycles. The van der Waals surface area contributed by atoms with E-state index in [2.05, 4.69) is 10.2 Å². The van der Waals surface area contributed by atoms with Crippen LogP contribution in [-0.4, -0.2) is 31.9 Å². The van der Waals surface area contributed by atoms with E-state index in [0.717, 1.165) is 24.6 Å². The molecule has 1 aliphatic rings. The fourth-order valence-electron chi connectivity index (χ4n) is 3.18. The standard InChI is InChI=1S/C17H14F2N4O/c18-11-6-7-13(19)12(10-11)17(24)22-9-3-4-14(22)16-21-20-15-5-1-2-8-23(15)16/h1-2,5-8,10,14H,3-4,9H2/t14-/m0/s1. The van der Waals surface area contributed by atoms with Crippen molar-refractivity contribution in [1.29, 1.82) is 0 Å². The zero-order valence-electron chi connectivity index (χ0n) is 12.7. The Hall–Kier alpha value is -2.83. The van der Waals surface area contributed by atoms with Crippen LogP contribution < -0.4 is 0 Å². The van der Waals surface area contributed by atoms with Crippen LogP contribution in [0, 0.1) is 11.6 Å². The average molecular weight is 328 g/mol. The van der Waals surface area contributed by atoms with Crippen LogP contribution in [0.3, 0.4) is 0 Å². The monoisotopic (exact) mass is 328 g/mol. The maximum absolute atomic E-state index is 13.9. The van der Waals surface area contributed by atoms with Crippen molar-refractivity contribution in [3.63, 3.8) is 0 Å². The molecule has 4 rings (SSSR count). The summed E-state index contributed by atoms with van der Waals surface area (Å²) in [7, 11) is 0. The van der Waals surface area contributed by atoms with Crippen LogP contribution in [0.1, 0.15) is 35.1 Å². The van der Waals surface area contributed by atoms with Gasteiger partial charge >= 0.3 is 0 Å². The van der Waals surface area contributed by atoms with Gasteiger partial charge in [0, 0.05) is 12.7 Å². The van der Waals surface area contributed by atoms with Gasteiger partial charge in [-0.05, 0) is 43.2 Å². The Morgan fingerprint density at radius 3 is 2.92 bits per heavy atom. The molecule has 24 heavy (non-hydrogen) atoms. The summed E-state index contributed by atoms with van der Waals surface area (Å²) < 4.78 is 29.2. The normalized spacial score (nSPS) is 17.6. The lowest BCUT2D eigenvalue weighted by Gasteiger charge is -2.23. The highest BCUT2D eigenvalue weighted by molar-refractivity contribution is 5.95. The number of carbonyl (C=O) groups is 1. The highest BCUT2D eigenvalue weighted by Crippen LogP contribution is 2.32. The molecule has 0 spiro atoms. The lowest BCUT2D eigenvalue weighted by atomic mass is 10.1. The number of pyridine rings is 1. The summed E-state index contributed by atoms with van der Waals surface area (Å²) in [6.45, 7) is 0.473. The number of rotatable bonds is 2. The van der Waals surface area contributed by atoms with Gasteiger partial charge < -0.3 is 4.90 Å². The molecule has 0 N–H and O–H groups in total. The number of nitrogens with zero attached hydrogens (tertiary/aromatic N) is 4. The fraction of sp³-hybridized carbons (Fsp3) is 0.235. The van der Waals surface area contributed by atoms with Crippen LogP contribution in [0.15, 0.2) is 42.6 Å². The van der Waals surface area contributed by atoms with E-state index in [1.165, 1.54) is 0 Å². The first-order valence-corrected chi connectivity index (χ1v) is 7.71. The van der Waals surface area contributed by atoms with Gasteiger partial charge in [-0.1, -0.05) is 6.07 Å². The molecule has 3 heterocycles. The molecule has 1 atom stereocenters. The van der Waals surface area contributed by atoms with Crippen LogP contribution in [-0.2, 0) is 0 Å². The van der Waals surface area contributed by atoms with Crippen LogP contribution in [0.5, 0.6) is 0 Å². The molecule has 0 radical (unpaired) electrons. The number of aromatic nitrogens is 3. The predicted octanol–water partition coefficient (Wildman–Crippen LogP) is 2.98. The third kappa shape index (κ3) is 2.33. The summed E-state index contributed by atoms with van der Waals surface area (Å²) in [5.74, 6) is -1.25. The van der Waals surface area contributed by atoms with Gasteiger partial charge in [0.2, 0.25) is 0 Å². The molecule has 5 nitrogen and oxygen atoms in total. The Morgan fingerprint density at radius 2 is 2.04 bits per heavy atom. The minimum atomic E-state index is -0.724. The van der Waals surface area contributed by atoms with Crippen molar-refractivity contribution in [2.45, 2.75) is 18.9 Å². The molecular formula is C17H14F2N4O. The van der Waals surface area contributed by atoms with E-state index in [9.17, 15) is 13.6 Å². The van der Waals surface area contributed by atoms with Crippen molar-refractivity contribution in [3.8, 4) is 0 Å². The second-order valence-corrected chi connectivity index (χ2v) is 5.77. The van der Waals surface area contributed by atoms with Gasteiger partial charge in [-0.25, -0.2) is 8.78 Å². The Kier molecular flexibility index (Phi) is 3.48.